The fourth-order valence-corrected chi connectivity index (χ4v) is 7.26. The maximum Gasteiger partial charge on any atom is 0.306 e. The molecule has 0 aliphatic rings. The number of carbonyl (C=O) groups excluding carboxylic acids is 3. The van der Waals surface area contributed by atoms with Gasteiger partial charge in [0.15, 0.2) is 6.10 Å². The van der Waals surface area contributed by atoms with Gasteiger partial charge >= 0.3 is 17.9 Å². The third-order valence-electron chi connectivity index (χ3n) is 11.0. The molecule has 0 amide bonds. The summed E-state index contributed by atoms with van der Waals surface area (Å²) in [7, 11) is 0. The highest BCUT2D eigenvalue weighted by atomic mass is 16.6. The molecule has 0 radical (unpaired) electrons. The minimum atomic E-state index is -0.765. The molecule has 0 fully saturated rings. The van der Waals surface area contributed by atoms with Crippen molar-refractivity contribution in [3.8, 4) is 0 Å². The van der Waals surface area contributed by atoms with E-state index in [1.54, 1.807) is 0 Å². The fraction of sp³-hybridized carbons (Fsp3) is 0.900. The van der Waals surface area contributed by atoms with Gasteiger partial charge in [0.1, 0.15) is 13.2 Å². The summed E-state index contributed by atoms with van der Waals surface area (Å²) in [5.41, 5.74) is 0. The zero-order valence-electron chi connectivity index (χ0n) is 37.7. The lowest BCUT2D eigenvalue weighted by molar-refractivity contribution is -0.167. The lowest BCUT2D eigenvalue weighted by Crippen LogP contribution is -2.30. The van der Waals surface area contributed by atoms with Crippen molar-refractivity contribution in [1.29, 1.82) is 0 Å². The number of rotatable bonds is 45. The van der Waals surface area contributed by atoms with Crippen LogP contribution in [-0.2, 0) is 28.6 Å². The summed E-state index contributed by atoms with van der Waals surface area (Å²) >= 11 is 0. The molecule has 6 nitrogen and oxygen atoms in total. The molecule has 0 saturated heterocycles. The zero-order valence-corrected chi connectivity index (χ0v) is 37.7. The summed E-state index contributed by atoms with van der Waals surface area (Å²) in [5, 5.41) is 0. The Bertz CT molecular complexity index is 870. The Labute approximate surface area is 348 Å². The van der Waals surface area contributed by atoms with E-state index in [1.165, 1.54) is 167 Å². The van der Waals surface area contributed by atoms with Crippen molar-refractivity contribution >= 4 is 17.9 Å². The van der Waals surface area contributed by atoms with Gasteiger partial charge in [-0.2, -0.15) is 0 Å². The van der Waals surface area contributed by atoms with Crippen LogP contribution in [0.15, 0.2) is 12.2 Å². The molecule has 56 heavy (non-hydrogen) atoms. The molecule has 0 N–H and O–H groups in total. The highest BCUT2D eigenvalue weighted by Gasteiger charge is 2.19. The molecule has 0 aromatic carbocycles. The molecule has 0 aliphatic heterocycles. The summed E-state index contributed by atoms with van der Waals surface area (Å²) in [6, 6.07) is 0. The molecule has 1 atom stereocenters. The van der Waals surface area contributed by atoms with Crippen LogP contribution < -0.4 is 0 Å². The van der Waals surface area contributed by atoms with Gasteiger partial charge in [0.05, 0.1) is 0 Å². The van der Waals surface area contributed by atoms with Gasteiger partial charge in [-0.25, -0.2) is 0 Å². The van der Waals surface area contributed by atoms with E-state index in [0.29, 0.717) is 19.3 Å². The Balaban J connectivity index is 4.31. The highest BCUT2D eigenvalue weighted by Crippen LogP contribution is 2.15. The lowest BCUT2D eigenvalue weighted by Gasteiger charge is -2.18. The lowest BCUT2D eigenvalue weighted by atomic mass is 10.1. The first kappa shape index (κ1) is 54.2. The van der Waals surface area contributed by atoms with Crippen molar-refractivity contribution in [2.75, 3.05) is 13.2 Å². The zero-order chi connectivity index (χ0) is 40.8. The second-order valence-electron chi connectivity index (χ2n) is 16.7. The fourth-order valence-electron chi connectivity index (χ4n) is 7.26. The third kappa shape index (κ3) is 43.3. The van der Waals surface area contributed by atoms with Crippen molar-refractivity contribution < 1.29 is 28.6 Å². The highest BCUT2D eigenvalue weighted by molar-refractivity contribution is 5.71. The minimum absolute atomic E-state index is 0.0678. The van der Waals surface area contributed by atoms with Crippen LogP contribution >= 0.6 is 0 Å². The molecular formula is C50H94O6. The van der Waals surface area contributed by atoms with Gasteiger partial charge in [-0.15, -0.1) is 0 Å². The van der Waals surface area contributed by atoms with Crippen LogP contribution in [0.25, 0.3) is 0 Å². The van der Waals surface area contributed by atoms with Gasteiger partial charge in [-0.05, 0) is 44.9 Å². The van der Waals surface area contributed by atoms with Crippen LogP contribution in [-0.4, -0.2) is 37.2 Å². The minimum Gasteiger partial charge on any atom is -0.462 e. The van der Waals surface area contributed by atoms with E-state index in [9.17, 15) is 14.4 Å². The number of allylic oxidation sites excluding steroid dienone is 2. The van der Waals surface area contributed by atoms with Crippen molar-refractivity contribution in [1.82, 2.24) is 0 Å². The van der Waals surface area contributed by atoms with Gasteiger partial charge in [0.25, 0.3) is 0 Å². The van der Waals surface area contributed by atoms with E-state index >= 15 is 0 Å². The predicted octanol–water partition coefficient (Wildman–Crippen LogP) is 15.8. The maximum absolute atomic E-state index is 12.7. The SMILES string of the molecule is CCCCCCCCC/C=C\CCCCCCCC(=O)OCC(COC(=O)CCCCCCCCCCCCC)OC(=O)CCCCCCCCCCCCC. The molecule has 0 rings (SSSR count). The summed E-state index contributed by atoms with van der Waals surface area (Å²) in [6.45, 7) is 6.64. The molecule has 0 spiro atoms. The van der Waals surface area contributed by atoms with E-state index < -0.39 is 6.10 Å². The molecule has 0 aliphatic carbocycles. The van der Waals surface area contributed by atoms with Crippen molar-refractivity contribution in [3.63, 3.8) is 0 Å². The van der Waals surface area contributed by atoms with Gasteiger partial charge < -0.3 is 14.2 Å². The second-order valence-corrected chi connectivity index (χ2v) is 16.7. The van der Waals surface area contributed by atoms with E-state index in [4.69, 9.17) is 14.2 Å². The summed E-state index contributed by atoms with van der Waals surface area (Å²) in [5.74, 6) is -0.865. The molecule has 0 aromatic heterocycles. The first-order valence-corrected chi connectivity index (χ1v) is 24.7. The third-order valence-corrected chi connectivity index (χ3v) is 11.0. The number of hydrogen-bond acceptors (Lipinski definition) is 6. The molecule has 6 heteroatoms. The Hall–Kier alpha value is -1.85. The molecular weight excluding hydrogens is 697 g/mol. The average Bonchev–Trinajstić information content (AvgIpc) is 3.19. The molecule has 0 bridgehead atoms. The van der Waals surface area contributed by atoms with Crippen LogP contribution in [0.5, 0.6) is 0 Å². The number of ether oxygens (including phenoxy) is 3. The van der Waals surface area contributed by atoms with Crippen molar-refractivity contribution in [2.45, 2.75) is 277 Å². The largest absolute Gasteiger partial charge is 0.462 e. The summed E-state index contributed by atoms with van der Waals surface area (Å²) in [6.07, 6.45) is 49.0. The Kier molecular flexibility index (Phi) is 44.3. The van der Waals surface area contributed by atoms with Crippen LogP contribution in [0.3, 0.4) is 0 Å². The van der Waals surface area contributed by atoms with Gasteiger partial charge in [-0.3, -0.25) is 14.4 Å². The molecule has 0 aromatic rings. The Morgan fingerprint density at radius 2 is 0.589 bits per heavy atom. The first-order chi connectivity index (χ1) is 27.5. The van der Waals surface area contributed by atoms with Crippen molar-refractivity contribution in [3.05, 3.63) is 12.2 Å². The van der Waals surface area contributed by atoms with Gasteiger partial charge in [-0.1, -0.05) is 219 Å². The van der Waals surface area contributed by atoms with Gasteiger partial charge in [0.2, 0.25) is 0 Å². The Morgan fingerprint density at radius 1 is 0.339 bits per heavy atom. The molecule has 0 saturated carbocycles. The van der Waals surface area contributed by atoms with Crippen LogP contribution in [0.4, 0.5) is 0 Å². The van der Waals surface area contributed by atoms with Crippen LogP contribution in [0.2, 0.25) is 0 Å². The van der Waals surface area contributed by atoms with Crippen LogP contribution in [0.1, 0.15) is 271 Å². The topological polar surface area (TPSA) is 78.9 Å². The molecule has 1 unspecified atom stereocenters. The number of esters is 3. The van der Waals surface area contributed by atoms with E-state index in [0.717, 1.165) is 64.2 Å². The van der Waals surface area contributed by atoms with Gasteiger partial charge in [0, 0.05) is 19.3 Å². The molecule has 0 heterocycles. The number of hydrogen-bond donors (Lipinski definition) is 0. The second kappa shape index (κ2) is 45.8. The first-order valence-electron chi connectivity index (χ1n) is 24.7. The summed E-state index contributed by atoms with van der Waals surface area (Å²) in [4.78, 5) is 37.8. The predicted molar refractivity (Wildman–Crippen MR) is 238 cm³/mol. The maximum atomic E-state index is 12.7. The average molecular weight is 791 g/mol. The smallest absolute Gasteiger partial charge is 0.306 e. The quantitative estimate of drug-likeness (QED) is 0.0264. The molecule has 330 valence electrons. The van der Waals surface area contributed by atoms with E-state index in [-0.39, 0.29) is 31.1 Å². The number of carbonyl (C=O) groups is 3. The standard InChI is InChI=1S/C50H94O6/c1-4-7-10-13-16-19-22-23-24-25-26-29-31-34-37-40-43-49(52)55-46-47(56-50(53)44-41-38-35-32-28-21-18-15-12-9-6-3)45-54-48(51)42-39-36-33-30-27-20-17-14-11-8-5-2/h24-25,47H,4-23,26-46H2,1-3H3/b25-24-. The van der Waals surface area contributed by atoms with Crippen molar-refractivity contribution in [2.24, 2.45) is 0 Å². The number of unbranched alkanes of at least 4 members (excludes halogenated alkanes) is 32. The summed E-state index contributed by atoms with van der Waals surface area (Å²) < 4.78 is 16.7. The monoisotopic (exact) mass is 791 g/mol. The Morgan fingerprint density at radius 3 is 0.893 bits per heavy atom. The van der Waals surface area contributed by atoms with E-state index in [2.05, 4.69) is 32.9 Å². The van der Waals surface area contributed by atoms with Crippen LogP contribution in [0, 0.1) is 0 Å². The van der Waals surface area contributed by atoms with E-state index in [1.807, 2.05) is 0 Å². The normalized spacial score (nSPS) is 12.0.